The van der Waals surface area contributed by atoms with Crippen molar-refractivity contribution in [3.8, 4) is 0 Å². The predicted octanol–water partition coefficient (Wildman–Crippen LogP) is 1.76. The van der Waals surface area contributed by atoms with Gasteiger partial charge in [0.05, 0.1) is 6.61 Å². The third-order valence-corrected chi connectivity index (χ3v) is 3.70. The van der Waals surface area contributed by atoms with Gasteiger partial charge in [-0.05, 0) is 25.5 Å². The van der Waals surface area contributed by atoms with Crippen molar-refractivity contribution in [2.24, 2.45) is 10.7 Å². The number of hydrogen-bond donors (Lipinski definition) is 2. The van der Waals surface area contributed by atoms with Gasteiger partial charge in [-0.2, -0.15) is 0 Å². The Balaban J connectivity index is 2.24. The van der Waals surface area contributed by atoms with Gasteiger partial charge in [-0.25, -0.2) is 9.79 Å². The van der Waals surface area contributed by atoms with Crippen LogP contribution in [0.2, 0.25) is 0 Å². The number of nitrogens with two attached hydrogens (primary N) is 1. The average Bonchev–Trinajstić information content (AvgIpc) is 2.57. The Kier molecular flexibility index (Phi) is 6.14. The summed E-state index contributed by atoms with van der Waals surface area (Å²) in [4.78, 5) is 17.8. The van der Waals surface area contributed by atoms with E-state index in [9.17, 15) is 4.79 Å². The Morgan fingerprint density at radius 1 is 1.42 bits per heavy atom. The minimum atomic E-state index is -0.456. The van der Waals surface area contributed by atoms with Crippen LogP contribution in [0, 0.1) is 0 Å². The molecule has 1 aliphatic rings. The highest BCUT2D eigenvalue weighted by Crippen LogP contribution is 2.18. The maximum atomic E-state index is 11.6. The predicted molar refractivity (Wildman–Crippen MR) is 94.9 cm³/mol. The van der Waals surface area contributed by atoms with Crippen molar-refractivity contribution in [3.63, 3.8) is 0 Å². The molecule has 3 N–H and O–H groups in total. The normalized spacial score (nSPS) is 17.9. The fourth-order valence-electron chi connectivity index (χ4n) is 2.39. The number of carbonyl (C=O) groups is 1. The van der Waals surface area contributed by atoms with Gasteiger partial charge >= 0.3 is 5.97 Å². The van der Waals surface area contributed by atoms with E-state index in [-0.39, 0.29) is 5.97 Å². The molecule has 2 rings (SSSR count). The van der Waals surface area contributed by atoms with Gasteiger partial charge < -0.3 is 15.0 Å². The molecule has 0 saturated carbocycles. The van der Waals surface area contributed by atoms with Crippen LogP contribution in [0.3, 0.4) is 0 Å². The summed E-state index contributed by atoms with van der Waals surface area (Å²) >= 11 is 0. The molecule has 1 unspecified atom stereocenters. The number of nitrogens with one attached hydrogen (secondary N) is 1. The molecule has 0 aromatic heterocycles. The molecule has 6 heteroatoms. The number of ether oxygens (including phenoxy) is 1. The molecule has 1 aromatic rings. The van der Waals surface area contributed by atoms with Crippen LogP contribution >= 0.6 is 0 Å². The van der Waals surface area contributed by atoms with Gasteiger partial charge in [-0.15, -0.1) is 0 Å². The molecule has 1 aromatic carbocycles. The number of aliphatic imine (C=N–C) groups is 1. The van der Waals surface area contributed by atoms with Crippen LogP contribution in [0.5, 0.6) is 0 Å². The summed E-state index contributed by atoms with van der Waals surface area (Å²) in [6.45, 7) is 4.65. The zero-order valence-electron chi connectivity index (χ0n) is 14.3. The second-order valence-corrected chi connectivity index (χ2v) is 5.43. The first-order valence-electron chi connectivity index (χ1n) is 7.93. The van der Waals surface area contributed by atoms with Gasteiger partial charge in [-0.1, -0.05) is 30.3 Å². The van der Waals surface area contributed by atoms with Gasteiger partial charge in [0, 0.05) is 31.0 Å². The van der Waals surface area contributed by atoms with Crippen molar-refractivity contribution in [2.45, 2.75) is 26.7 Å². The zero-order valence-corrected chi connectivity index (χ0v) is 14.3. The summed E-state index contributed by atoms with van der Waals surface area (Å²) < 4.78 is 4.93. The molecule has 24 heavy (non-hydrogen) atoms. The smallest absolute Gasteiger partial charge is 0.330 e. The fourth-order valence-corrected chi connectivity index (χ4v) is 2.39. The summed E-state index contributed by atoms with van der Waals surface area (Å²) in [5.74, 6) is 0.456. The van der Waals surface area contributed by atoms with E-state index >= 15 is 0 Å². The minimum Gasteiger partial charge on any atom is -0.463 e. The van der Waals surface area contributed by atoms with Crippen LogP contribution in [0.15, 0.2) is 58.9 Å². The topological polar surface area (TPSA) is 80.0 Å². The maximum Gasteiger partial charge on any atom is 0.330 e. The van der Waals surface area contributed by atoms with Crippen LogP contribution < -0.4 is 11.1 Å². The van der Waals surface area contributed by atoms with Crippen LogP contribution in [-0.4, -0.2) is 36.5 Å². The maximum absolute atomic E-state index is 11.6. The monoisotopic (exact) mass is 328 g/mol. The van der Waals surface area contributed by atoms with Crippen molar-refractivity contribution in [1.29, 1.82) is 0 Å². The molecular formula is C18H24N4O2. The number of rotatable bonds is 6. The largest absolute Gasteiger partial charge is 0.463 e. The van der Waals surface area contributed by atoms with Crippen LogP contribution in [-0.2, 0) is 16.1 Å². The van der Waals surface area contributed by atoms with E-state index in [2.05, 4.69) is 10.3 Å². The van der Waals surface area contributed by atoms with Crippen molar-refractivity contribution >= 4 is 11.7 Å². The molecule has 1 atom stereocenters. The second kappa shape index (κ2) is 8.31. The van der Waals surface area contributed by atoms with E-state index in [0.717, 1.165) is 22.7 Å². The summed E-state index contributed by atoms with van der Waals surface area (Å²) in [6.07, 6.45) is 2.67. The Morgan fingerprint density at radius 3 is 2.79 bits per heavy atom. The number of esters is 1. The molecule has 0 spiro atoms. The number of nitrogens with zero attached hydrogens (tertiary/aromatic N) is 2. The van der Waals surface area contributed by atoms with Crippen molar-refractivity contribution < 1.29 is 9.53 Å². The average molecular weight is 328 g/mol. The van der Waals surface area contributed by atoms with E-state index in [1.54, 1.807) is 13.0 Å². The van der Waals surface area contributed by atoms with Gasteiger partial charge in [0.2, 0.25) is 0 Å². The molecule has 128 valence electrons. The van der Waals surface area contributed by atoms with Crippen molar-refractivity contribution in [2.75, 3.05) is 13.7 Å². The summed E-state index contributed by atoms with van der Waals surface area (Å²) in [5.41, 5.74) is 8.79. The first-order valence-corrected chi connectivity index (χ1v) is 7.93. The lowest BCUT2D eigenvalue weighted by molar-refractivity contribution is -0.137. The molecule has 6 nitrogen and oxygen atoms in total. The molecule has 1 heterocycles. The summed E-state index contributed by atoms with van der Waals surface area (Å²) in [7, 11) is 1.87. The molecule has 0 amide bonds. The Labute approximate surface area is 142 Å². The number of allylic oxidation sites excluding steroid dienone is 2. The first-order chi connectivity index (χ1) is 11.5. The van der Waals surface area contributed by atoms with E-state index in [4.69, 9.17) is 10.5 Å². The molecule has 0 radical (unpaired) electrons. The number of hydrogen-bond acceptors (Lipinski definition) is 6. The SMILES string of the molecule is CCOC(=O)/C=C/C1=C(NCc2ccccc2)N(C)C(N)N=C1C. The van der Waals surface area contributed by atoms with E-state index in [1.165, 1.54) is 6.08 Å². The lowest BCUT2D eigenvalue weighted by Gasteiger charge is -2.33. The van der Waals surface area contributed by atoms with Crippen LogP contribution in [0.25, 0.3) is 0 Å². The summed E-state index contributed by atoms with van der Waals surface area (Å²) in [6, 6.07) is 10.1. The van der Waals surface area contributed by atoms with Gasteiger partial charge in [-0.3, -0.25) is 5.73 Å². The Morgan fingerprint density at radius 2 is 2.12 bits per heavy atom. The molecule has 0 aliphatic carbocycles. The van der Waals surface area contributed by atoms with E-state index in [0.29, 0.717) is 13.2 Å². The molecule has 0 saturated heterocycles. The zero-order chi connectivity index (χ0) is 17.5. The van der Waals surface area contributed by atoms with E-state index in [1.807, 2.05) is 49.2 Å². The fraction of sp³-hybridized carbons (Fsp3) is 0.333. The third-order valence-electron chi connectivity index (χ3n) is 3.70. The third kappa shape index (κ3) is 4.45. The molecule has 1 aliphatic heterocycles. The summed E-state index contributed by atoms with van der Waals surface area (Å²) in [5, 5.41) is 3.40. The minimum absolute atomic E-state index is 0.346. The molecular weight excluding hydrogens is 304 g/mol. The lowest BCUT2D eigenvalue weighted by Crippen LogP contribution is -2.45. The van der Waals surface area contributed by atoms with Gasteiger partial charge in [0.1, 0.15) is 5.82 Å². The second-order valence-electron chi connectivity index (χ2n) is 5.43. The van der Waals surface area contributed by atoms with Gasteiger partial charge in [0.15, 0.2) is 6.29 Å². The highest BCUT2D eigenvalue weighted by Gasteiger charge is 2.22. The highest BCUT2D eigenvalue weighted by atomic mass is 16.5. The van der Waals surface area contributed by atoms with Crippen LogP contribution in [0.1, 0.15) is 19.4 Å². The molecule has 0 bridgehead atoms. The number of benzene rings is 1. The quantitative estimate of drug-likeness (QED) is 0.614. The van der Waals surface area contributed by atoms with Crippen LogP contribution in [0.4, 0.5) is 0 Å². The Bertz CT molecular complexity index is 665. The molecule has 0 fully saturated rings. The number of carbonyl (C=O) groups excluding carboxylic acids is 1. The van der Waals surface area contributed by atoms with Gasteiger partial charge in [0.25, 0.3) is 0 Å². The van der Waals surface area contributed by atoms with E-state index < -0.39 is 6.29 Å². The van der Waals surface area contributed by atoms with Crippen molar-refractivity contribution in [1.82, 2.24) is 10.2 Å². The lowest BCUT2D eigenvalue weighted by atomic mass is 10.1. The van der Waals surface area contributed by atoms with Crippen molar-refractivity contribution in [3.05, 3.63) is 59.4 Å². The standard InChI is InChI=1S/C18H24N4O2/c1-4-24-16(23)11-10-15-13(2)21-18(19)22(3)17(15)20-12-14-8-6-5-7-9-14/h5-11,18,20H,4,12,19H2,1-3H3/b11-10+. The Hall–Kier alpha value is -2.60. The highest BCUT2D eigenvalue weighted by molar-refractivity contribution is 6.03. The first kappa shape index (κ1) is 17.7.